The van der Waals surface area contributed by atoms with E-state index in [1.165, 1.54) is 12.1 Å². The molecule has 7 heteroatoms. The van der Waals surface area contributed by atoms with Crippen LogP contribution in [-0.2, 0) is 0 Å². The van der Waals surface area contributed by atoms with Crippen LogP contribution >= 0.6 is 0 Å². The molecule has 1 aromatic rings. The van der Waals surface area contributed by atoms with Gasteiger partial charge in [-0.15, -0.1) is 0 Å². The highest BCUT2D eigenvalue weighted by Crippen LogP contribution is 2.35. The molecule has 1 aliphatic rings. The van der Waals surface area contributed by atoms with Gasteiger partial charge in [-0.2, -0.15) is 13.2 Å². The Morgan fingerprint density at radius 2 is 1.81 bits per heavy atom. The first-order chi connectivity index (χ1) is 9.87. The van der Waals surface area contributed by atoms with Gasteiger partial charge >= 0.3 is 6.18 Å². The maximum absolute atomic E-state index is 12.5. The van der Waals surface area contributed by atoms with Crippen molar-refractivity contribution in [1.82, 2.24) is 10.2 Å². The third kappa shape index (κ3) is 4.50. The molecule has 118 valence electrons. The Morgan fingerprint density at radius 1 is 1.14 bits per heavy atom. The van der Waals surface area contributed by atoms with Crippen molar-refractivity contribution >= 4 is 0 Å². The van der Waals surface area contributed by atoms with Crippen LogP contribution in [0, 0.1) is 0 Å². The number of phenolic OH excluding ortho intramolecular Hbond substituents is 2. The zero-order valence-corrected chi connectivity index (χ0v) is 11.5. The Balaban J connectivity index is 2.18. The van der Waals surface area contributed by atoms with E-state index in [9.17, 15) is 23.4 Å². The zero-order chi connectivity index (χ0) is 15.5. The largest absolute Gasteiger partial charge is 0.504 e. The lowest BCUT2D eigenvalue weighted by atomic mass is 9.98. The number of alkyl halides is 3. The SMILES string of the molecule is Oc1ccc([C@@H](CCC(F)(F)F)N2CCNCC2)cc1O. The Labute approximate surface area is 121 Å². The van der Waals surface area contributed by atoms with E-state index in [0.717, 1.165) is 13.1 Å². The van der Waals surface area contributed by atoms with E-state index >= 15 is 0 Å². The summed E-state index contributed by atoms with van der Waals surface area (Å²) in [6.45, 7) is 2.77. The fourth-order valence-electron chi connectivity index (χ4n) is 2.60. The van der Waals surface area contributed by atoms with Crippen molar-refractivity contribution < 1.29 is 23.4 Å². The molecule has 1 atom stereocenters. The van der Waals surface area contributed by atoms with Crippen molar-refractivity contribution in [3.8, 4) is 11.5 Å². The van der Waals surface area contributed by atoms with Crippen LogP contribution in [0.2, 0.25) is 0 Å². The summed E-state index contributed by atoms with van der Waals surface area (Å²) in [5.41, 5.74) is 0.594. The molecule has 21 heavy (non-hydrogen) atoms. The number of benzene rings is 1. The zero-order valence-electron chi connectivity index (χ0n) is 11.5. The molecule has 1 fully saturated rings. The summed E-state index contributed by atoms with van der Waals surface area (Å²) in [7, 11) is 0. The molecule has 0 amide bonds. The van der Waals surface area contributed by atoms with Crippen LogP contribution in [0.4, 0.5) is 13.2 Å². The summed E-state index contributed by atoms with van der Waals surface area (Å²) < 4.78 is 37.6. The summed E-state index contributed by atoms with van der Waals surface area (Å²) in [5.74, 6) is -0.576. The van der Waals surface area contributed by atoms with E-state index in [1.54, 1.807) is 6.07 Å². The molecule has 0 spiro atoms. The van der Waals surface area contributed by atoms with Crippen molar-refractivity contribution in [2.75, 3.05) is 26.2 Å². The van der Waals surface area contributed by atoms with E-state index in [2.05, 4.69) is 5.32 Å². The molecule has 0 aliphatic carbocycles. The van der Waals surface area contributed by atoms with E-state index < -0.39 is 18.6 Å². The monoisotopic (exact) mass is 304 g/mol. The highest BCUT2D eigenvalue weighted by Gasteiger charge is 2.31. The lowest BCUT2D eigenvalue weighted by Gasteiger charge is -2.35. The van der Waals surface area contributed by atoms with E-state index in [1.807, 2.05) is 4.90 Å². The molecule has 4 nitrogen and oxygen atoms in total. The summed E-state index contributed by atoms with van der Waals surface area (Å²) >= 11 is 0. The minimum absolute atomic E-state index is 0.0618. The molecule has 1 aromatic carbocycles. The smallest absolute Gasteiger partial charge is 0.389 e. The van der Waals surface area contributed by atoms with Crippen molar-refractivity contribution in [2.24, 2.45) is 0 Å². The molecule has 1 heterocycles. The van der Waals surface area contributed by atoms with Gasteiger partial charge in [0.25, 0.3) is 0 Å². The number of rotatable bonds is 4. The average molecular weight is 304 g/mol. The summed E-state index contributed by atoms with van der Waals surface area (Å²) in [6, 6.07) is 3.81. The molecule has 0 radical (unpaired) electrons. The van der Waals surface area contributed by atoms with Crippen LogP contribution in [0.15, 0.2) is 18.2 Å². The average Bonchev–Trinajstić information content (AvgIpc) is 2.43. The number of aromatic hydroxyl groups is 2. The Morgan fingerprint density at radius 3 is 2.38 bits per heavy atom. The Kier molecular flexibility index (Phi) is 4.95. The Bertz CT molecular complexity index is 474. The summed E-state index contributed by atoms with van der Waals surface area (Å²) in [5, 5.41) is 22.1. The Hall–Kier alpha value is -1.47. The van der Waals surface area contributed by atoms with E-state index in [-0.39, 0.29) is 17.9 Å². The first-order valence-electron chi connectivity index (χ1n) is 6.90. The molecule has 3 N–H and O–H groups in total. The first-order valence-corrected chi connectivity index (χ1v) is 6.90. The second kappa shape index (κ2) is 6.53. The second-order valence-corrected chi connectivity index (χ2v) is 5.20. The van der Waals surface area contributed by atoms with Crippen molar-refractivity contribution in [3.05, 3.63) is 23.8 Å². The van der Waals surface area contributed by atoms with Gasteiger partial charge in [-0.05, 0) is 24.1 Å². The minimum Gasteiger partial charge on any atom is -0.504 e. The molecule has 0 saturated carbocycles. The number of halogens is 3. The van der Waals surface area contributed by atoms with Gasteiger partial charge in [0.2, 0.25) is 0 Å². The van der Waals surface area contributed by atoms with Gasteiger partial charge in [0.15, 0.2) is 11.5 Å². The van der Waals surface area contributed by atoms with Crippen LogP contribution in [-0.4, -0.2) is 47.5 Å². The van der Waals surface area contributed by atoms with Crippen LogP contribution in [0.1, 0.15) is 24.4 Å². The van der Waals surface area contributed by atoms with Crippen molar-refractivity contribution in [2.45, 2.75) is 25.1 Å². The van der Waals surface area contributed by atoms with Gasteiger partial charge in [-0.25, -0.2) is 0 Å². The van der Waals surface area contributed by atoms with Crippen LogP contribution < -0.4 is 5.32 Å². The van der Waals surface area contributed by atoms with Gasteiger partial charge in [0.1, 0.15) is 0 Å². The van der Waals surface area contributed by atoms with Gasteiger partial charge in [-0.3, -0.25) is 4.90 Å². The number of nitrogens with zero attached hydrogens (tertiary/aromatic N) is 1. The molecule has 1 saturated heterocycles. The highest BCUT2D eigenvalue weighted by atomic mass is 19.4. The first kappa shape index (κ1) is 15.9. The molecule has 2 rings (SSSR count). The predicted octanol–water partition coefficient (Wildman–Crippen LogP) is 2.39. The van der Waals surface area contributed by atoms with Crippen molar-refractivity contribution in [3.63, 3.8) is 0 Å². The molecule has 0 aromatic heterocycles. The van der Waals surface area contributed by atoms with Crippen LogP contribution in [0.5, 0.6) is 11.5 Å². The quantitative estimate of drug-likeness (QED) is 0.748. The van der Waals surface area contributed by atoms with Gasteiger partial charge in [0.05, 0.1) is 0 Å². The lowest BCUT2D eigenvalue weighted by Crippen LogP contribution is -2.45. The molecule has 0 bridgehead atoms. The molecule has 0 unspecified atom stereocenters. The standard InChI is InChI=1S/C14H19F3N2O2/c15-14(16,17)4-3-11(19-7-5-18-6-8-19)10-1-2-12(20)13(21)9-10/h1-2,9,11,18,20-21H,3-8H2/t11-/m1/s1. The predicted molar refractivity (Wildman–Crippen MR) is 72.2 cm³/mol. The topological polar surface area (TPSA) is 55.7 Å². The van der Waals surface area contributed by atoms with E-state index in [0.29, 0.717) is 18.7 Å². The maximum atomic E-state index is 12.5. The van der Waals surface area contributed by atoms with Gasteiger partial charge in [-0.1, -0.05) is 6.07 Å². The number of nitrogens with one attached hydrogen (secondary N) is 1. The van der Waals surface area contributed by atoms with E-state index in [4.69, 9.17) is 0 Å². The normalized spacial score (nSPS) is 18.6. The minimum atomic E-state index is -4.20. The van der Waals surface area contributed by atoms with Crippen molar-refractivity contribution in [1.29, 1.82) is 0 Å². The summed E-state index contributed by atoms with van der Waals surface area (Å²) in [4.78, 5) is 1.98. The summed E-state index contributed by atoms with van der Waals surface area (Å²) in [6.07, 6.45) is -5.14. The third-order valence-electron chi connectivity index (χ3n) is 3.68. The van der Waals surface area contributed by atoms with Gasteiger partial charge < -0.3 is 15.5 Å². The molecule has 1 aliphatic heterocycles. The molecular formula is C14H19F3N2O2. The number of phenols is 2. The third-order valence-corrected chi connectivity index (χ3v) is 3.68. The fraction of sp³-hybridized carbons (Fsp3) is 0.571. The molecular weight excluding hydrogens is 285 g/mol. The van der Waals surface area contributed by atoms with Gasteiger partial charge in [0, 0.05) is 38.6 Å². The second-order valence-electron chi connectivity index (χ2n) is 5.20. The fourth-order valence-corrected chi connectivity index (χ4v) is 2.60. The van der Waals surface area contributed by atoms with Crippen LogP contribution in [0.3, 0.4) is 0 Å². The number of hydrogen-bond donors (Lipinski definition) is 3. The maximum Gasteiger partial charge on any atom is 0.389 e. The lowest BCUT2D eigenvalue weighted by molar-refractivity contribution is -0.138. The van der Waals surface area contributed by atoms with Crippen LogP contribution in [0.25, 0.3) is 0 Å². The highest BCUT2D eigenvalue weighted by molar-refractivity contribution is 5.41. The number of piperazine rings is 1. The number of hydrogen-bond acceptors (Lipinski definition) is 4.